The summed E-state index contributed by atoms with van der Waals surface area (Å²) in [5.41, 5.74) is 1.38. The summed E-state index contributed by atoms with van der Waals surface area (Å²) in [5.74, 6) is -3.91. The van der Waals surface area contributed by atoms with Gasteiger partial charge in [0.2, 0.25) is 11.8 Å². The van der Waals surface area contributed by atoms with Crippen LogP contribution < -0.4 is 16.0 Å². The molecule has 0 aliphatic carbocycles. The Kier molecular flexibility index (Phi) is 11.3. The molecule has 7 N–H and O–H groups in total. The van der Waals surface area contributed by atoms with Crippen molar-refractivity contribution in [1.29, 1.82) is 0 Å². The Morgan fingerprint density at radius 1 is 0.738 bits per heavy atom. The van der Waals surface area contributed by atoms with Crippen LogP contribution in [0.4, 0.5) is 0 Å². The fourth-order valence-electron chi connectivity index (χ4n) is 4.23. The maximum atomic E-state index is 13.6. The molecule has 0 aromatic heterocycles. The van der Waals surface area contributed by atoms with Crippen LogP contribution in [0, 0.1) is 5.92 Å². The van der Waals surface area contributed by atoms with Crippen molar-refractivity contribution in [3.63, 3.8) is 0 Å². The van der Waals surface area contributed by atoms with Crippen LogP contribution in [-0.4, -0.2) is 55.6 Å². The number of phenols is 2. The Balaban J connectivity index is 1.86. The average Bonchev–Trinajstić information content (AvgIpc) is 2.96. The molecular formula is C30H36N3O8P. The van der Waals surface area contributed by atoms with E-state index in [1.54, 1.807) is 49.4 Å². The van der Waals surface area contributed by atoms with Gasteiger partial charge in [0, 0.05) is 18.4 Å². The van der Waals surface area contributed by atoms with Crippen molar-refractivity contribution in [2.75, 3.05) is 0 Å². The third kappa shape index (κ3) is 9.44. The number of carbonyl (C=O) groups excluding carboxylic acids is 3. The number of hydrogen-bond acceptors (Lipinski definition) is 6. The van der Waals surface area contributed by atoms with Gasteiger partial charge >= 0.3 is 7.60 Å². The second-order valence-corrected chi connectivity index (χ2v) is 11.9. The van der Waals surface area contributed by atoms with E-state index in [0.717, 1.165) is 0 Å². The molecule has 0 saturated carbocycles. The van der Waals surface area contributed by atoms with Gasteiger partial charge in [0.05, 0.1) is 0 Å². The summed E-state index contributed by atoms with van der Waals surface area (Å²) >= 11 is 0. The fourth-order valence-corrected chi connectivity index (χ4v) is 4.97. The van der Waals surface area contributed by atoms with E-state index in [9.17, 15) is 38.9 Å². The zero-order chi connectivity index (χ0) is 30.9. The SMILES string of the molecule is CC[C@H](C)[C@H](NC(=O)c1ccccc1)C(=O)N[C@@H](Cc1ccc(O)cc1)C(=O)N[C@@H](Cc1ccc(O)cc1)P(=O)(O)O. The molecule has 0 radical (unpaired) electrons. The fraction of sp³-hybridized carbons (Fsp3) is 0.300. The number of aromatic hydroxyl groups is 2. The molecule has 0 heterocycles. The molecule has 224 valence electrons. The Bertz CT molecular complexity index is 1390. The van der Waals surface area contributed by atoms with Gasteiger partial charge in [-0.25, -0.2) is 0 Å². The zero-order valence-corrected chi connectivity index (χ0v) is 24.2. The molecule has 0 spiro atoms. The van der Waals surface area contributed by atoms with Gasteiger partial charge in [0.25, 0.3) is 5.91 Å². The van der Waals surface area contributed by atoms with E-state index in [1.165, 1.54) is 36.4 Å². The van der Waals surface area contributed by atoms with Crippen LogP contribution in [-0.2, 0) is 27.0 Å². The number of rotatable bonds is 13. The van der Waals surface area contributed by atoms with E-state index in [4.69, 9.17) is 0 Å². The minimum Gasteiger partial charge on any atom is -0.508 e. The first-order valence-corrected chi connectivity index (χ1v) is 15.1. The molecule has 0 unspecified atom stereocenters. The highest BCUT2D eigenvalue weighted by atomic mass is 31.2. The molecule has 3 aromatic carbocycles. The minimum atomic E-state index is -4.86. The molecule has 3 rings (SSSR count). The first-order valence-electron chi connectivity index (χ1n) is 13.4. The molecule has 12 heteroatoms. The van der Waals surface area contributed by atoms with E-state index < -0.39 is 43.2 Å². The number of phenolic OH excluding ortho intramolecular Hbond substituents is 2. The molecule has 0 aliphatic rings. The molecule has 4 atom stereocenters. The smallest absolute Gasteiger partial charge is 0.347 e. The largest absolute Gasteiger partial charge is 0.508 e. The van der Waals surface area contributed by atoms with Crippen LogP contribution in [0.5, 0.6) is 11.5 Å². The lowest BCUT2D eigenvalue weighted by Crippen LogP contribution is -2.57. The van der Waals surface area contributed by atoms with Crippen LogP contribution in [0.15, 0.2) is 78.9 Å². The van der Waals surface area contributed by atoms with Crippen molar-refractivity contribution in [3.05, 3.63) is 95.6 Å². The summed E-state index contributed by atoms with van der Waals surface area (Å²) in [6.45, 7) is 3.64. The van der Waals surface area contributed by atoms with Gasteiger partial charge in [-0.2, -0.15) is 0 Å². The molecule has 0 saturated heterocycles. The van der Waals surface area contributed by atoms with Crippen molar-refractivity contribution >= 4 is 25.3 Å². The number of nitrogens with one attached hydrogen (secondary N) is 3. The van der Waals surface area contributed by atoms with Crippen molar-refractivity contribution in [1.82, 2.24) is 16.0 Å². The number of benzene rings is 3. The quantitative estimate of drug-likeness (QED) is 0.147. The first kappa shape index (κ1) is 32.3. The van der Waals surface area contributed by atoms with E-state index in [1.807, 2.05) is 6.92 Å². The van der Waals surface area contributed by atoms with Crippen LogP contribution >= 0.6 is 7.60 Å². The van der Waals surface area contributed by atoms with Gasteiger partial charge in [-0.1, -0.05) is 62.7 Å². The molecule has 11 nitrogen and oxygen atoms in total. The lowest BCUT2D eigenvalue weighted by atomic mass is 9.96. The Hall–Kier alpha value is -4.18. The molecular weight excluding hydrogens is 561 g/mol. The van der Waals surface area contributed by atoms with Gasteiger partial charge in [-0.15, -0.1) is 0 Å². The minimum absolute atomic E-state index is 0.000271. The van der Waals surface area contributed by atoms with E-state index in [2.05, 4.69) is 16.0 Å². The van der Waals surface area contributed by atoms with Crippen molar-refractivity contribution < 1.29 is 38.9 Å². The van der Waals surface area contributed by atoms with Crippen molar-refractivity contribution in [2.45, 2.75) is 51.0 Å². The molecule has 0 fully saturated rings. The lowest BCUT2D eigenvalue weighted by Gasteiger charge is -2.28. The lowest BCUT2D eigenvalue weighted by molar-refractivity contribution is -0.130. The van der Waals surface area contributed by atoms with Crippen LogP contribution in [0.25, 0.3) is 0 Å². The van der Waals surface area contributed by atoms with E-state index >= 15 is 0 Å². The van der Waals surface area contributed by atoms with Crippen molar-refractivity contribution in [2.24, 2.45) is 5.92 Å². The van der Waals surface area contributed by atoms with Crippen LogP contribution in [0.1, 0.15) is 41.8 Å². The summed E-state index contributed by atoms with van der Waals surface area (Å²) < 4.78 is 12.3. The summed E-state index contributed by atoms with van der Waals surface area (Å²) in [4.78, 5) is 60.0. The zero-order valence-electron chi connectivity index (χ0n) is 23.3. The maximum absolute atomic E-state index is 13.6. The summed E-state index contributed by atoms with van der Waals surface area (Å²) in [6, 6.07) is 17.7. The van der Waals surface area contributed by atoms with Crippen LogP contribution in [0.3, 0.4) is 0 Å². The van der Waals surface area contributed by atoms with Gasteiger partial charge in [-0.05, 0) is 53.4 Å². The maximum Gasteiger partial charge on any atom is 0.347 e. The third-order valence-electron chi connectivity index (χ3n) is 6.91. The van der Waals surface area contributed by atoms with E-state index in [0.29, 0.717) is 23.1 Å². The number of amides is 3. The van der Waals surface area contributed by atoms with Gasteiger partial charge in [-0.3, -0.25) is 18.9 Å². The topological polar surface area (TPSA) is 185 Å². The normalized spacial score (nSPS) is 14.2. The summed E-state index contributed by atoms with van der Waals surface area (Å²) in [7, 11) is -4.86. The van der Waals surface area contributed by atoms with Gasteiger partial charge in [0.1, 0.15) is 29.4 Å². The number of carbonyl (C=O) groups is 3. The standard InChI is InChI=1S/C30H36N3O8P/c1-3-19(2)27(33-28(36)22-7-5-4-6-8-22)30(38)31-25(17-20-9-13-23(34)14-10-20)29(37)32-26(42(39,40)41)18-21-11-15-24(35)16-12-21/h4-16,19,25-27,34-35H,3,17-18H2,1-2H3,(H,31,38)(H,32,37)(H,33,36)(H2,39,40,41)/t19-,25-,26+,27-/m0/s1. The predicted molar refractivity (Wildman–Crippen MR) is 157 cm³/mol. The van der Waals surface area contributed by atoms with Gasteiger partial charge in [0.15, 0.2) is 0 Å². The van der Waals surface area contributed by atoms with Gasteiger partial charge < -0.3 is 36.0 Å². The highest BCUT2D eigenvalue weighted by Crippen LogP contribution is 2.41. The number of hydrogen-bond donors (Lipinski definition) is 7. The molecule has 42 heavy (non-hydrogen) atoms. The van der Waals surface area contributed by atoms with E-state index in [-0.39, 0.29) is 30.3 Å². The molecule has 3 aromatic rings. The van der Waals surface area contributed by atoms with Crippen LogP contribution in [0.2, 0.25) is 0 Å². The summed E-state index contributed by atoms with van der Waals surface area (Å²) in [6.07, 6.45) is 0.235. The third-order valence-corrected chi connectivity index (χ3v) is 8.03. The molecule has 0 bridgehead atoms. The first-order chi connectivity index (χ1) is 19.9. The monoisotopic (exact) mass is 597 g/mol. The Morgan fingerprint density at radius 3 is 1.76 bits per heavy atom. The second kappa shape index (κ2) is 14.6. The molecule has 3 amide bonds. The van der Waals surface area contributed by atoms with Crippen molar-refractivity contribution in [3.8, 4) is 11.5 Å². The highest BCUT2D eigenvalue weighted by molar-refractivity contribution is 7.52. The predicted octanol–water partition coefficient (Wildman–Crippen LogP) is 2.83. The molecule has 0 aliphatic heterocycles. The Morgan fingerprint density at radius 2 is 1.26 bits per heavy atom. The highest BCUT2D eigenvalue weighted by Gasteiger charge is 2.35. The second-order valence-electron chi connectivity index (χ2n) is 10.1. The average molecular weight is 598 g/mol. The summed E-state index contributed by atoms with van der Waals surface area (Å²) in [5, 5.41) is 27.0. The Labute approximate surface area is 244 Å².